The lowest BCUT2D eigenvalue weighted by atomic mass is 9.76. The Hall–Kier alpha value is -0.820. The lowest BCUT2D eigenvalue weighted by Gasteiger charge is -2.35. The zero-order valence-corrected chi connectivity index (χ0v) is 11.4. The van der Waals surface area contributed by atoms with Gasteiger partial charge in [0.25, 0.3) is 0 Å². The van der Waals surface area contributed by atoms with E-state index in [1.807, 2.05) is 6.07 Å². The quantitative estimate of drug-likeness (QED) is 0.736. The highest BCUT2D eigenvalue weighted by molar-refractivity contribution is 5.22. The van der Waals surface area contributed by atoms with E-state index >= 15 is 0 Å². The fraction of sp³-hybridized carbons (Fsp3) is 0.625. The first kappa shape index (κ1) is 14.2. The minimum Gasteiger partial charge on any atom is -0.389 e. The van der Waals surface area contributed by atoms with E-state index in [0.29, 0.717) is 0 Å². The van der Waals surface area contributed by atoms with Crippen molar-refractivity contribution in [2.75, 3.05) is 0 Å². The Balaban J connectivity index is 2.95. The van der Waals surface area contributed by atoms with Crippen molar-refractivity contribution in [3.63, 3.8) is 0 Å². The topological polar surface area (TPSA) is 20.2 Å². The summed E-state index contributed by atoms with van der Waals surface area (Å²) in [7, 11) is 0. The van der Waals surface area contributed by atoms with E-state index in [2.05, 4.69) is 45.0 Å². The molecule has 0 saturated heterocycles. The first-order valence-corrected chi connectivity index (χ1v) is 6.95. The molecule has 1 heteroatoms. The average Bonchev–Trinajstić information content (AvgIpc) is 2.40. The number of hydrogen-bond donors (Lipinski definition) is 1. The van der Waals surface area contributed by atoms with E-state index in [1.54, 1.807) is 0 Å². The molecule has 1 unspecified atom stereocenters. The summed E-state index contributed by atoms with van der Waals surface area (Å²) in [5, 5.41) is 10.8. The Bertz CT molecular complexity index is 301. The smallest absolute Gasteiger partial charge is 0.0710 e. The highest BCUT2D eigenvalue weighted by Gasteiger charge is 2.33. The molecule has 1 aromatic carbocycles. The zero-order valence-electron chi connectivity index (χ0n) is 11.4. The zero-order chi connectivity index (χ0) is 12.7. The maximum absolute atomic E-state index is 10.8. The summed E-state index contributed by atoms with van der Waals surface area (Å²) in [5.74, 6) is 0.277. The van der Waals surface area contributed by atoms with Gasteiger partial charge in [-0.1, -0.05) is 63.9 Å². The summed E-state index contributed by atoms with van der Waals surface area (Å²) >= 11 is 0. The van der Waals surface area contributed by atoms with Gasteiger partial charge >= 0.3 is 0 Å². The van der Waals surface area contributed by atoms with Crippen LogP contribution in [0, 0.1) is 0 Å². The van der Waals surface area contributed by atoms with Crippen LogP contribution in [-0.4, -0.2) is 10.7 Å². The fourth-order valence-corrected chi connectivity index (χ4v) is 2.58. The maximum atomic E-state index is 10.8. The van der Waals surface area contributed by atoms with Crippen molar-refractivity contribution in [3.05, 3.63) is 35.9 Å². The highest BCUT2D eigenvalue weighted by atomic mass is 16.3. The molecule has 0 aliphatic carbocycles. The number of rotatable bonds is 7. The Morgan fingerprint density at radius 2 is 1.65 bits per heavy atom. The minimum absolute atomic E-state index is 0.277. The summed E-state index contributed by atoms with van der Waals surface area (Å²) in [6.07, 6.45) is 5.10. The normalized spacial score (nSPS) is 13.6. The van der Waals surface area contributed by atoms with Crippen LogP contribution >= 0.6 is 0 Å². The van der Waals surface area contributed by atoms with Gasteiger partial charge in [-0.2, -0.15) is 0 Å². The predicted molar refractivity (Wildman–Crippen MR) is 74.2 cm³/mol. The monoisotopic (exact) mass is 234 g/mol. The third-order valence-electron chi connectivity index (χ3n) is 3.92. The fourth-order valence-electron chi connectivity index (χ4n) is 2.58. The number of benzene rings is 1. The Labute approximate surface area is 106 Å². The molecular formula is C16H26O. The second kappa shape index (κ2) is 6.80. The molecule has 0 amide bonds. The molecule has 1 rings (SSSR count). The molecule has 1 nitrogen and oxygen atoms in total. The minimum atomic E-state index is -0.545. The maximum Gasteiger partial charge on any atom is 0.0710 e. The van der Waals surface area contributed by atoms with Crippen molar-refractivity contribution in [1.82, 2.24) is 0 Å². The van der Waals surface area contributed by atoms with Crippen molar-refractivity contribution >= 4 is 0 Å². The van der Waals surface area contributed by atoms with Crippen LogP contribution in [0.1, 0.15) is 64.4 Å². The van der Waals surface area contributed by atoms with E-state index in [-0.39, 0.29) is 5.92 Å². The van der Waals surface area contributed by atoms with Crippen LogP contribution in [0.4, 0.5) is 0 Å². The molecule has 0 aromatic heterocycles. The van der Waals surface area contributed by atoms with Crippen molar-refractivity contribution in [2.24, 2.45) is 0 Å². The van der Waals surface area contributed by atoms with Crippen molar-refractivity contribution in [1.29, 1.82) is 0 Å². The number of hydrogen-bond acceptors (Lipinski definition) is 1. The molecule has 1 aromatic rings. The molecule has 0 spiro atoms. The molecule has 0 saturated carbocycles. The highest BCUT2D eigenvalue weighted by Crippen LogP contribution is 2.37. The number of unbranched alkanes of at least 4 members (excludes halogenated alkanes) is 1. The van der Waals surface area contributed by atoms with Crippen LogP contribution in [0.2, 0.25) is 0 Å². The molecule has 0 aliphatic rings. The van der Waals surface area contributed by atoms with Crippen LogP contribution in [0.15, 0.2) is 30.3 Å². The molecule has 1 atom stereocenters. The Morgan fingerprint density at radius 3 is 2.12 bits per heavy atom. The molecular weight excluding hydrogens is 208 g/mol. The summed E-state index contributed by atoms with van der Waals surface area (Å²) in [6, 6.07) is 10.5. The van der Waals surface area contributed by atoms with E-state index in [0.717, 1.165) is 19.3 Å². The van der Waals surface area contributed by atoms with Gasteiger partial charge in [-0.25, -0.2) is 0 Å². The van der Waals surface area contributed by atoms with Gasteiger partial charge in [0.15, 0.2) is 0 Å². The van der Waals surface area contributed by atoms with Crippen molar-refractivity contribution in [2.45, 2.75) is 64.4 Å². The van der Waals surface area contributed by atoms with Gasteiger partial charge in [-0.3, -0.25) is 0 Å². The SMILES string of the molecule is CCCCC(c1ccccc1)C(O)(CC)CC. The van der Waals surface area contributed by atoms with Crippen molar-refractivity contribution in [3.8, 4) is 0 Å². The first-order valence-electron chi connectivity index (χ1n) is 6.95. The van der Waals surface area contributed by atoms with Crippen LogP contribution < -0.4 is 0 Å². The molecule has 0 aliphatic heterocycles. The summed E-state index contributed by atoms with van der Waals surface area (Å²) in [5.41, 5.74) is 0.739. The lowest BCUT2D eigenvalue weighted by molar-refractivity contribution is 0.000658. The molecule has 17 heavy (non-hydrogen) atoms. The Morgan fingerprint density at radius 1 is 1.06 bits per heavy atom. The second-order valence-electron chi connectivity index (χ2n) is 4.92. The van der Waals surface area contributed by atoms with Crippen molar-refractivity contribution < 1.29 is 5.11 Å². The summed E-state index contributed by atoms with van der Waals surface area (Å²) in [4.78, 5) is 0. The average molecular weight is 234 g/mol. The second-order valence-corrected chi connectivity index (χ2v) is 4.92. The van der Waals surface area contributed by atoms with Gasteiger partial charge < -0.3 is 5.11 Å². The van der Waals surface area contributed by atoms with Gasteiger partial charge in [0, 0.05) is 5.92 Å². The summed E-state index contributed by atoms with van der Waals surface area (Å²) in [6.45, 7) is 6.38. The van der Waals surface area contributed by atoms with Gasteiger partial charge in [-0.05, 0) is 24.8 Å². The number of aliphatic hydroxyl groups is 1. The van der Waals surface area contributed by atoms with Crippen LogP contribution in [-0.2, 0) is 0 Å². The molecule has 0 radical (unpaired) electrons. The summed E-state index contributed by atoms with van der Waals surface area (Å²) < 4.78 is 0. The van der Waals surface area contributed by atoms with Crippen LogP contribution in [0.3, 0.4) is 0 Å². The third kappa shape index (κ3) is 3.57. The predicted octanol–water partition coefficient (Wildman–Crippen LogP) is 4.51. The molecule has 1 N–H and O–H groups in total. The molecule has 0 fully saturated rings. The Kier molecular flexibility index (Phi) is 5.70. The van der Waals surface area contributed by atoms with Crippen LogP contribution in [0.25, 0.3) is 0 Å². The van der Waals surface area contributed by atoms with E-state index in [4.69, 9.17) is 0 Å². The van der Waals surface area contributed by atoms with Crippen LogP contribution in [0.5, 0.6) is 0 Å². The molecule has 0 bridgehead atoms. The van der Waals surface area contributed by atoms with E-state index < -0.39 is 5.60 Å². The van der Waals surface area contributed by atoms with Gasteiger partial charge in [-0.15, -0.1) is 0 Å². The molecule has 96 valence electrons. The van der Waals surface area contributed by atoms with E-state index in [1.165, 1.54) is 18.4 Å². The van der Waals surface area contributed by atoms with Gasteiger partial charge in [0.2, 0.25) is 0 Å². The van der Waals surface area contributed by atoms with E-state index in [9.17, 15) is 5.11 Å². The van der Waals surface area contributed by atoms with Gasteiger partial charge in [0.1, 0.15) is 0 Å². The lowest BCUT2D eigenvalue weighted by Crippen LogP contribution is -2.35. The van der Waals surface area contributed by atoms with Gasteiger partial charge in [0.05, 0.1) is 5.60 Å². The standard InChI is InChI=1S/C16H26O/c1-4-7-13-15(16(17,5-2)6-3)14-11-9-8-10-12-14/h8-12,15,17H,4-7,13H2,1-3H3. The molecule has 0 heterocycles. The largest absolute Gasteiger partial charge is 0.389 e. The third-order valence-corrected chi connectivity index (χ3v) is 3.92. The first-order chi connectivity index (χ1) is 8.18.